The zero-order valence-corrected chi connectivity index (χ0v) is 22.2. The molecule has 2 atom stereocenters. The highest BCUT2D eigenvalue weighted by atomic mass is 19.2. The van der Waals surface area contributed by atoms with Crippen molar-refractivity contribution in [2.75, 3.05) is 56.2 Å². The summed E-state index contributed by atoms with van der Waals surface area (Å²) in [6.07, 6.45) is 4.14. The van der Waals surface area contributed by atoms with Gasteiger partial charge in [-0.3, -0.25) is 4.79 Å². The van der Waals surface area contributed by atoms with Gasteiger partial charge in [0.25, 0.3) is 0 Å². The molecule has 11 heteroatoms. The molecule has 0 radical (unpaired) electrons. The fraction of sp³-hybridized carbons (Fsp3) is 0.500. The molecule has 0 N–H and O–H groups in total. The number of hydrogen-bond donors (Lipinski definition) is 0. The molecule has 0 unspecified atom stereocenters. The number of piperazine rings is 1. The van der Waals surface area contributed by atoms with E-state index in [4.69, 9.17) is 14.7 Å². The third kappa shape index (κ3) is 5.52. The topological polar surface area (TPSA) is 88.8 Å². The van der Waals surface area contributed by atoms with Crippen LogP contribution in [0.15, 0.2) is 30.9 Å². The van der Waals surface area contributed by atoms with Gasteiger partial charge in [-0.2, -0.15) is 15.2 Å². The van der Waals surface area contributed by atoms with Crippen molar-refractivity contribution >= 4 is 17.4 Å². The van der Waals surface area contributed by atoms with Crippen molar-refractivity contribution in [1.82, 2.24) is 19.8 Å². The Bertz CT molecular complexity index is 1280. The molecule has 0 bridgehead atoms. The number of anilines is 2. The van der Waals surface area contributed by atoms with Gasteiger partial charge in [0.2, 0.25) is 5.91 Å². The molecule has 39 heavy (non-hydrogen) atoms. The Balaban J connectivity index is 1.46. The van der Waals surface area contributed by atoms with Gasteiger partial charge in [0.15, 0.2) is 11.6 Å². The molecule has 1 amide bonds. The first-order valence-electron chi connectivity index (χ1n) is 13.4. The van der Waals surface area contributed by atoms with Crippen LogP contribution in [0, 0.1) is 23.0 Å². The highest BCUT2D eigenvalue weighted by Crippen LogP contribution is 2.33. The zero-order chi connectivity index (χ0) is 27.5. The van der Waals surface area contributed by atoms with Gasteiger partial charge in [-0.25, -0.2) is 8.78 Å². The van der Waals surface area contributed by atoms with Gasteiger partial charge in [0.1, 0.15) is 12.4 Å². The van der Waals surface area contributed by atoms with Crippen LogP contribution in [-0.2, 0) is 17.8 Å². The molecule has 3 aliphatic rings. The van der Waals surface area contributed by atoms with Crippen molar-refractivity contribution in [3.05, 3.63) is 53.7 Å². The number of ether oxygens (including phenoxy) is 1. The van der Waals surface area contributed by atoms with Crippen LogP contribution in [0.25, 0.3) is 0 Å². The number of nitrogens with zero attached hydrogens (tertiary/aromatic N) is 7. The fourth-order valence-electron chi connectivity index (χ4n) is 5.75. The van der Waals surface area contributed by atoms with E-state index in [0.717, 1.165) is 31.0 Å². The van der Waals surface area contributed by atoms with Crippen LogP contribution in [-0.4, -0.2) is 84.1 Å². The zero-order valence-electron chi connectivity index (χ0n) is 22.2. The van der Waals surface area contributed by atoms with Crippen LogP contribution in [0.1, 0.15) is 30.5 Å². The van der Waals surface area contributed by atoms with E-state index in [1.807, 2.05) is 0 Å². The molecule has 0 aliphatic carbocycles. The van der Waals surface area contributed by atoms with Crippen molar-refractivity contribution in [2.24, 2.45) is 0 Å². The summed E-state index contributed by atoms with van der Waals surface area (Å²) in [5.74, 6) is -1.25. The summed E-state index contributed by atoms with van der Waals surface area (Å²) in [4.78, 5) is 29.8. The number of carbonyl (C=O) groups is 1. The maximum atomic E-state index is 14.6. The summed E-state index contributed by atoms with van der Waals surface area (Å²) in [5.41, 5.74) is 1.82. The van der Waals surface area contributed by atoms with Gasteiger partial charge in [-0.05, 0) is 51.1 Å². The first-order valence-corrected chi connectivity index (χ1v) is 13.4. The molecule has 2 aromatic rings. The van der Waals surface area contributed by atoms with Gasteiger partial charge in [0.05, 0.1) is 36.5 Å². The Kier molecular flexibility index (Phi) is 7.93. The predicted octanol–water partition coefficient (Wildman–Crippen LogP) is 2.91. The number of benzene rings is 1. The molecule has 2 fully saturated rings. The van der Waals surface area contributed by atoms with Gasteiger partial charge in [-0.15, -0.1) is 0 Å². The van der Waals surface area contributed by atoms with Crippen LogP contribution >= 0.6 is 0 Å². The molecule has 2 saturated heterocycles. The molecule has 9 nitrogen and oxygen atoms in total. The van der Waals surface area contributed by atoms with E-state index in [2.05, 4.69) is 29.5 Å². The van der Waals surface area contributed by atoms with Gasteiger partial charge < -0.3 is 24.3 Å². The highest BCUT2D eigenvalue weighted by molar-refractivity contribution is 5.87. The van der Waals surface area contributed by atoms with Gasteiger partial charge in [0, 0.05) is 37.8 Å². The van der Waals surface area contributed by atoms with E-state index in [1.165, 1.54) is 12.1 Å². The number of rotatable bonds is 7. The van der Waals surface area contributed by atoms with Crippen molar-refractivity contribution in [1.29, 1.82) is 5.26 Å². The Morgan fingerprint density at radius 1 is 1.21 bits per heavy atom. The van der Waals surface area contributed by atoms with Crippen molar-refractivity contribution < 1.29 is 18.3 Å². The summed E-state index contributed by atoms with van der Waals surface area (Å²) in [6, 6.07) is 6.58. The second kappa shape index (κ2) is 11.5. The van der Waals surface area contributed by atoms with E-state index in [-0.39, 0.29) is 42.7 Å². The number of aromatic nitrogens is 2. The summed E-state index contributed by atoms with van der Waals surface area (Å²) in [7, 11) is 2.07. The second-order valence-electron chi connectivity index (χ2n) is 10.3. The monoisotopic (exact) mass is 537 g/mol. The lowest BCUT2D eigenvalue weighted by atomic mass is 10.0. The molecule has 0 spiro atoms. The first kappa shape index (κ1) is 26.8. The van der Waals surface area contributed by atoms with E-state index in [1.54, 1.807) is 15.9 Å². The average Bonchev–Trinajstić information content (AvgIpc) is 3.36. The summed E-state index contributed by atoms with van der Waals surface area (Å²) >= 11 is 0. The lowest BCUT2D eigenvalue weighted by Gasteiger charge is -2.42. The van der Waals surface area contributed by atoms with Crippen LogP contribution in [0.3, 0.4) is 0 Å². The number of halogens is 2. The van der Waals surface area contributed by atoms with Crippen LogP contribution in [0.5, 0.6) is 6.01 Å². The van der Waals surface area contributed by atoms with Crippen molar-refractivity contribution in [3.8, 4) is 12.1 Å². The van der Waals surface area contributed by atoms with E-state index < -0.39 is 11.6 Å². The minimum atomic E-state index is -0.887. The maximum absolute atomic E-state index is 14.6. The number of likely N-dealkylation sites (tertiary alicyclic amines) is 1. The summed E-state index contributed by atoms with van der Waals surface area (Å²) < 4.78 is 34.7. The third-order valence-corrected chi connectivity index (χ3v) is 7.94. The minimum Gasteiger partial charge on any atom is -0.462 e. The third-order valence-electron chi connectivity index (χ3n) is 7.94. The predicted molar refractivity (Wildman–Crippen MR) is 142 cm³/mol. The first-order chi connectivity index (χ1) is 18.9. The number of likely N-dealkylation sites (N-methyl/N-ethyl adjacent to an activating group) is 1. The maximum Gasteiger partial charge on any atom is 0.318 e. The molecular formula is C28H33F2N7O2. The normalized spacial score (nSPS) is 21.4. The van der Waals surface area contributed by atoms with Gasteiger partial charge in [-0.1, -0.05) is 12.6 Å². The summed E-state index contributed by atoms with van der Waals surface area (Å²) in [5, 5.41) is 9.41. The largest absolute Gasteiger partial charge is 0.462 e. The Morgan fingerprint density at radius 2 is 2.05 bits per heavy atom. The number of nitriles is 1. The molecular weight excluding hydrogens is 504 g/mol. The lowest BCUT2D eigenvalue weighted by Crippen LogP contribution is -2.55. The Labute approximate surface area is 227 Å². The SMILES string of the molecule is C=CC(=O)N1CCN(c2nc(OC[C@@H]3CCCN3C)nc3c2CCN(c2cccc(F)c2F)C3)C[C@@H]1CC#N. The molecule has 3 aliphatic heterocycles. The lowest BCUT2D eigenvalue weighted by molar-refractivity contribution is -0.128. The minimum absolute atomic E-state index is 0.188. The standard InChI is InChI=1S/C28H33F2N7O2/c1-3-25(38)37-15-14-36(16-19(37)9-11-31)27-21-10-13-35(24-8-4-7-22(29)26(24)30)17-23(21)32-28(33-27)39-18-20-6-5-12-34(20)2/h3-4,7-8,19-20H,1,5-6,9-10,12-18H2,2H3/t19-,20-/m0/s1. The van der Waals surface area contributed by atoms with Crippen LogP contribution in [0.2, 0.25) is 0 Å². The smallest absolute Gasteiger partial charge is 0.318 e. The molecule has 4 heterocycles. The summed E-state index contributed by atoms with van der Waals surface area (Å²) in [6.45, 7) is 7.21. The molecule has 1 aromatic carbocycles. The molecule has 206 valence electrons. The molecule has 0 saturated carbocycles. The van der Waals surface area contributed by atoms with E-state index >= 15 is 0 Å². The highest BCUT2D eigenvalue weighted by Gasteiger charge is 2.34. The second-order valence-corrected chi connectivity index (χ2v) is 10.3. The quantitative estimate of drug-likeness (QED) is 0.499. The number of amides is 1. The average molecular weight is 538 g/mol. The number of carbonyl (C=O) groups excluding carboxylic acids is 1. The van der Waals surface area contributed by atoms with Crippen LogP contribution < -0.4 is 14.5 Å². The molecule has 5 rings (SSSR count). The van der Waals surface area contributed by atoms with Crippen molar-refractivity contribution in [3.63, 3.8) is 0 Å². The van der Waals surface area contributed by atoms with Crippen LogP contribution in [0.4, 0.5) is 20.3 Å². The van der Waals surface area contributed by atoms with E-state index in [0.29, 0.717) is 50.7 Å². The van der Waals surface area contributed by atoms with E-state index in [9.17, 15) is 18.8 Å². The number of hydrogen-bond acceptors (Lipinski definition) is 8. The Hall–Kier alpha value is -3.78. The Morgan fingerprint density at radius 3 is 2.79 bits per heavy atom. The van der Waals surface area contributed by atoms with Crippen molar-refractivity contribution in [2.45, 2.75) is 44.3 Å². The molecule has 1 aromatic heterocycles. The number of fused-ring (bicyclic) bond motifs is 1. The van der Waals surface area contributed by atoms with Gasteiger partial charge >= 0.3 is 6.01 Å². The fourth-order valence-corrected chi connectivity index (χ4v) is 5.75.